The fourth-order valence-electron chi connectivity index (χ4n) is 2.12. The molecule has 0 aliphatic heterocycles. The van der Waals surface area contributed by atoms with Crippen molar-refractivity contribution in [3.63, 3.8) is 0 Å². The van der Waals surface area contributed by atoms with E-state index in [0.717, 1.165) is 17.0 Å². The monoisotopic (exact) mass is 301 g/mol. The summed E-state index contributed by atoms with van der Waals surface area (Å²) in [6.07, 6.45) is -0.449. The Morgan fingerprint density at radius 3 is 2.50 bits per heavy atom. The summed E-state index contributed by atoms with van der Waals surface area (Å²) in [5, 5.41) is 2.79. The zero-order valence-corrected chi connectivity index (χ0v) is 13.7. The van der Waals surface area contributed by atoms with Crippen LogP contribution in [0.2, 0.25) is 0 Å². The minimum atomic E-state index is -0.516. The molecule has 2 rings (SSSR count). The van der Waals surface area contributed by atoms with Crippen LogP contribution in [0.4, 0.5) is 4.79 Å². The van der Waals surface area contributed by atoms with Crippen molar-refractivity contribution in [1.82, 2.24) is 15.3 Å². The van der Waals surface area contributed by atoms with Crippen LogP contribution in [0, 0.1) is 6.92 Å². The topological polar surface area (TPSA) is 67.0 Å². The van der Waals surface area contributed by atoms with Crippen LogP contribution >= 0.6 is 0 Å². The van der Waals surface area contributed by atoms with Crippen molar-refractivity contribution in [3.8, 4) is 11.3 Å². The van der Waals surface area contributed by atoms with E-state index in [1.807, 2.05) is 65.0 Å². The molecule has 2 N–H and O–H groups in total. The molecule has 1 amide bonds. The smallest absolute Gasteiger partial charge is 0.408 e. The number of rotatable bonds is 3. The zero-order chi connectivity index (χ0) is 16.3. The highest BCUT2D eigenvalue weighted by atomic mass is 16.6. The lowest BCUT2D eigenvalue weighted by Gasteiger charge is -2.21. The number of benzene rings is 1. The first-order chi connectivity index (χ1) is 10.3. The van der Waals surface area contributed by atoms with Crippen molar-refractivity contribution in [2.75, 3.05) is 0 Å². The summed E-state index contributed by atoms with van der Waals surface area (Å²) < 4.78 is 5.26. The lowest BCUT2D eigenvalue weighted by Crippen LogP contribution is -2.34. The van der Waals surface area contributed by atoms with Gasteiger partial charge in [0.1, 0.15) is 11.4 Å². The molecule has 0 fully saturated rings. The fourth-order valence-corrected chi connectivity index (χ4v) is 2.12. The number of aryl methyl sites for hydroxylation is 1. The number of carbonyl (C=O) groups is 1. The molecule has 0 aliphatic rings. The van der Waals surface area contributed by atoms with Gasteiger partial charge in [0, 0.05) is 11.3 Å². The third kappa shape index (κ3) is 4.10. The summed E-state index contributed by atoms with van der Waals surface area (Å²) >= 11 is 0. The largest absolute Gasteiger partial charge is 0.444 e. The second-order valence-corrected chi connectivity index (χ2v) is 6.33. The zero-order valence-electron chi connectivity index (χ0n) is 13.7. The Labute approximate surface area is 131 Å². The molecule has 0 saturated heterocycles. The molecule has 0 radical (unpaired) electrons. The first-order valence-corrected chi connectivity index (χ1v) is 7.37. The average molecular weight is 301 g/mol. The normalized spacial score (nSPS) is 12.8. The molecule has 0 unspecified atom stereocenters. The van der Waals surface area contributed by atoms with Crippen LogP contribution < -0.4 is 5.32 Å². The summed E-state index contributed by atoms with van der Waals surface area (Å²) in [5.41, 5.74) is 2.40. The summed E-state index contributed by atoms with van der Waals surface area (Å²) in [4.78, 5) is 19.7. The first-order valence-electron chi connectivity index (χ1n) is 7.37. The van der Waals surface area contributed by atoms with Gasteiger partial charge in [-0.2, -0.15) is 0 Å². The van der Waals surface area contributed by atoms with E-state index in [4.69, 9.17) is 4.74 Å². The van der Waals surface area contributed by atoms with Crippen LogP contribution in [0.5, 0.6) is 0 Å². The molecule has 118 valence electrons. The van der Waals surface area contributed by atoms with Crippen LogP contribution in [0.15, 0.2) is 30.3 Å². The van der Waals surface area contributed by atoms with Gasteiger partial charge < -0.3 is 15.0 Å². The van der Waals surface area contributed by atoms with Crippen molar-refractivity contribution in [2.45, 2.75) is 46.3 Å². The molecule has 0 bridgehead atoms. The first kappa shape index (κ1) is 16.1. The van der Waals surface area contributed by atoms with Gasteiger partial charge >= 0.3 is 6.09 Å². The van der Waals surface area contributed by atoms with Crippen LogP contribution in [0.3, 0.4) is 0 Å². The highest BCUT2D eigenvalue weighted by Gasteiger charge is 2.20. The SMILES string of the molecule is Cc1[nH]c([C@H](C)NC(=O)OC(C)(C)C)nc1-c1ccccc1. The Hall–Kier alpha value is -2.30. The number of ether oxygens (including phenoxy) is 1. The maximum Gasteiger partial charge on any atom is 0.408 e. The lowest BCUT2D eigenvalue weighted by atomic mass is 10.1. The van der Waals surface area contributed by atoms with Crippen molar-refractivity contribution < 1.29 is 9.53 Å². The van der Waals surface area contributed by atoms with Crippen LogP contribution in [-0.2, 0) is 4.74 Å². The molecular weight excluding hydrogens is 278 g/mol. The Morgan fingerprint density at radius 2 is 1.91 bits per heavy atom. The molecule has 0 saturated carbocycles. The van der Waals surface area contributed by atoms with Gasteiger partial charge in [-0.3, -0.25) is 0 Å². The highest BCUT2D eigenvalue weighted by molar-refractivity contribution is 5.68. The van der Waals surface area contributed by atoms with Gasteiger partial charge in [0.15, 0.2) is 0 Å². The maximum atomic E-state index is 11.8. The fraction of sp³-hybridized carbons (Fsp3) is 0.412. The number of aromatic nitrogens is 2. The van der Waals surface area contributed by atoms with E-state index in [-0.39, 0.29) is 6.04 Å². The molecule has 2 aromatic rings. The van der Waals surface area contributed by atoms with E-state index in [9.17, 15) is 4.79 Å². The Kier molecular flexibility index (Phi) is 4.54. The minimum Gasteiger partial charge on any atom is -0.444 e. The molecule has 1 aromatic heterocycles. The van der Waals surface area contributed by atoms with Gasteiger partial charge in [0.2, 0.25) is 0 Å². The van der Waals surface area contributed by atoms with Gasteiger partial charge in [0.25, 0.3) is 0 Å². The van der Waals surface area contributed by atoms with Gasteiger partial charge in [-0.05, 0) is 34.6 Å². The number of carbonyl (C=O) groups excluding carboxylic acids is 1. The lowest BCUT2D eigenvalue weighted by molar-refractivity contribution is 0.0506. The van der Waals surface area contributed by atoms with Crippen LogP contribution in [0.25, 0.3) is 11.3 Å². The Bertz CT molecular complexity index is 642. The van der Waals surface area contributed by atoms with E-state index in [2.05, 4.69) is 15.3 Å². The second-order valence-electron chi connectivity index (χ2n) is 6.33. The number of hydrogen-bond donors (Lipinski definition) is 2. The second kappa shape index (κ2) is 6.22. The van der Waals surface area contributed by atoms with E-state index < -0.39 is 11.7 Å². The molecular formula is C17H23N3O2. The number of alkyl carbamates (subject to hydrolysis) is 1. The Balaban J connectivity index is 2.12. The number of nitrogens with one attached hydrogen (secondary N) is 2. The standard InChI is InChI=1S/C17H23N3O2/c1-11-14(13-9-7-6-8-10-13)20-15(18-11)12(2)19-16(21)22-17(3,4)5/h6-10,12H,1-5H3,(H,18,20)(H,19,21)/t12-/m0/s1. The molecule has 22 heavy (non-hydrogen) atoms. The van der Waals surface area contributed by atoms with Crippen molar-refractivity contribution in [2.24, 2.45) is 0 Å². The van der Waals surface area contributed by atoms with Gasteiger partial charge in [-0.1, -0.05) is 30.3 Å². The average Bonchev–Trinajstić information content (AvgIpc) is 2.79. The quantitative estimate of drug-likeness (QED) is 0.901. The molecule has 0 aliphatic carbocycles. The van der Waals surface area contributed by atoms with Crippen molar-refractivity contribution in [3.05, 3.63) is 41.9 Å². The van der Waals surface area contributed by atoms with E-state index in [0.29, 0.717) is 5.82 Å². The third-order valence-corrected chi connectivity index (χ3v) is 3.09. The maximum absolute atomic E-state index is 11.8. The van der Waals surface area contributed by atoms with Crippen molar-refractivity contribution in [1.29, 1.82) is 0 Å². The van der Waals surface area contributed by atoms with Gasteiger partial charge in [-0.25, -0.2) is 9.78 Å². The van der Waals surface area contributed by atoms with Crippen molar-refractivity contribution >= 4 is 6.09 Å². The van der Waals surface area contributed by atoms with E-state index in [1.165, 1.54) is 0 Å². The predicted molar refractivity (Wildman–Crippen MR) is 86.5 cm³/mol. The van der Waals surface area contributed by atoms with Crippen LogP contribution in [0.1, 0.15) is 45.3 Å². The van der Waals surface area contributed by atoms with Gasteiger partial charge in [-0.15, -0.1) is 0 Å². The van der Waals surface area contributed by atoms with Gasteiger partial charge in [0.05, 0.1) is 11.7 Å². The molecule has 0 spiro atoms. The summed E-state index contributed by atoms with van der Waals surface area (Å²) in [7, 11) is 0. The molecule has 5 heteroatoms. The number of hydrogen-bond acceptors (Lipinski definition) is 3. The third-order valence-electron chi connectivity index (χ3n) is 3.09. The predicted octanol–water partition coefficient (Wildman–Crippen LogP) is 3.97. The minimum absolute atomic E-state index is 0.258. The number of imidazole rings is 1. The van der Waals surface area contributed by atoms with E-state index in [1.54, 1.807) is 0 Å². The number of amides is 1. The number of aromatic amines is 1. The summed E-state index contributed by atoms with van der Waals surface area (Å²) in [6.45, 7) is 9.35. The summed E-state index contributed by atoms with van der Waals surface area (Å²) in [6, 6.07) is 9.69. The van der Waals surface area contributed by atoms with E-state index >= 15 is 0 Å². The number of nitrogens with zero attached hydrogens (tertiary/aromatic N) is 1. The Morgan fingerprint density at radius 1 is 1.27 bits per heavy atom. The highest BCUT2D eigenvalue weighted by Crippen LogP contribution is 2.23. The number of H-pyrrole nitrogens is 1. The molecule has 1 heterocycles. The molecule has 5 nitrogen and oxygen atoms in total. The summed E-state index contributed by atoms with van der Waals surface area (Å²) in [5.74, 6) is 0.710. The molecule has 1 aromatic carbocycles. The van der Waals surface area contributed by atoms with Crippen LogP contribution in [-0.4, -0.2) is 21.7 Å². The molecule has 1 atom stereocenters.